The molecule has 98 valence electrons. The predicted octanol–water partition coefficient (Wildman–Crippen LogP) is 3.09. The Morgan fingerprint density at radius 2 is 2.20 bits per heavy atom. The largest absolute Gasteiger partial charge is 0.341 e. The van der Waals surface area contributed by atoms with E-state index >= 15 is 0 Å². The second-order valence-electron chi connectivity index (χ2n) is 5.32. The number of rotatable bonds is 3. The van der Waals surface area contributed by atoms with Crippen LogP contribution in [0.25, 0.3) is 10.9 Å². The van der Waals surface area contributed by atoms with Crippen LogP contribution in [0.1, 0.15) is 30.1 Å². The summed E-state index contributed by atoms with van der Waals surface area (Å²) in [5, 5.41) is 10.2. The van der Waals surface area contributed by atoms with Crippen LogP contribution >= 0.6 is 0 Å². The van der Waals surface area contributed by atoms with Crippen molar-refractivity contribution in [1.82, 2.24) is 14.1 Å². The molecule has 1 aliphatic carbocycles. The molecule has 0 bridgehead atoms. The van der Waals surface area contributed by atoms with Gasteiger partial charge in [0.25, 0.3) is 0 Å². The van der Waals surface area contributed by atoms with E-state index in [1.54, 1.807) is 0 Å². The summed E-state index contributed by atoms with van der Waals surface area (Å²) in [4.78, 5) is 4.27. The first-order valence-corrected chi connectivity index (χ1v) is 6.85. The first kappa shape index (κ1) is 11.3. The Bertz CT molecular complexity index is 814. The van der Waals surface area contributed by atoms with Gasteiger partial charge in [-0.2, -0.15) is 5.26 Å². The molecule has 1 aromatic carbocycles. The summed E-state index contributed by atoms with van der Waals surface area (Å²) in [6, 6.07) is 10.8. The highest BCUT2D eigenvalue weighted by Crippen LogP contribution is 2.36. The zero-order chi connectivity index (χ0) is 13.5. The molecule has 0 spiro atoms. The quantitative estimate of drug-likeness (QED) is 0.728. The molecular formula is C16H14N4. The molecule has 0 unspecified atom stereocenters. The minimum Gasteiger partial charge on any atom is -0.341 e. The van der Waals surface area contributed by atoms with Gasteiger partial charge in [0.2, 0.25) is 0 Å². The SMILES string of the molecule is N#Cc1cccc2c1ccn2Cc1cncn1C1CC1. The predicted molar refractivity (Wildman–Crippen MR) is 76.3 cm³/mol. The molecule has 0 saturated heterocycles. The van der Waals surface area contributed by atoms with Gasteiger partial charge in [0.1, 0.15) is 0 Å². The van der Waals surface area contributed by atoms with E-state index < -0.39 is 0 Å². The summed E-state index contributed by atoms with van der Waals surface area (Å²) in [5.74, 6) is 0. The van der Waals surface area contributed by atoms with Crippen molar-refractivity contribution in [1.29, 1.82) is 5.26 Å². The third-order valence-electron chi connectivity index (χ3n) is 3.95. The smallest absolute Gasteiger partial charge is 0.0998 e. The van der Waals surface area contributed by atoms with Gasteiger partial charge in [-0.05, 0) is 31.0 Å². The van der Waals surface area contributed by atoms with Crippen LogP contribution in [0.15, 0.2) is 43.0 Å². The van der Waals surface area contributed by atoms with Crippen LogP contribution < -0.4 is 0 Å². The number of benzene rings is 1. The molecule has 0 aliphatic heterocycles. The van der Waals surface area contributed by atoms with Gasteiger partial charge < -0.3 is 9.13 Å². The van der Waals surface area contributed by atoms with E-state index in [0.717, 1.165) is 23.0 Å². The summed E-state index contributed by atoms with van der Waals surface area (Å²) in [7, 11) is 0. The molecule has 1 saturated carbocycles. The van der Waals surface area contributed by atoms with Gasteiger partial charge in [-0.15, -0.1) is 0 Å². The summed E-state index contributed by atoms with van der Waals surface area (Å²) >= 11 is 0. The molecule has 0 atom stereocenters. The van der Waals surface area contributed by atoms with Crippen LogP contribution in [0.5, 0.6) is 0 Å². The van der Waals surface area contributed by atoms with E-state index in [9.17, 15) is 0 Å². The lowest BCUT2D eigenvalue weighted by Crippen LogP contribution is -2.05. The normalized spacial score (nSPS) is 14.6. The zero-order valence-corrected chi connectivity index (χ0v) is 11.0. The zero-order valence-electron chi connectivity index (χ0n) is 11.0. The number of hydrogen-bond donors (Lipinski definition) is 0. The fourth-order valence-corrected chi connectivity index (χ4v) is 2.77. The molecule has 2 aromatic heterocycles. The van der Waals surface area contributed by atoms with Gasteiger partial charge in [0, 0.05) is 29.3 Å². The van der Waals surface area contributed by atoms with Crippen LogP contribution in [0.2, 0.25) is 0 Å². The number of fused-ring (bicyclic) bond motifs is 1. The van der Waals surface area contributed by atoms with E-state index in [1.807, 2.05) is 30.7 Å². The third-order valence-corrected chi connectivity index (χ3v) is 3.95. The Hall–Kier alpha value is -2.54. The highest BCUT2D eigenvalue weighted by molar-refractivity contribution is 5.86. The van der Waals surface area contributed by atoms with Gasteiger partial charge in [-0.3, -0.25) is 0 Å². The van der Waals surface area contributed by atoms with Crippen LogP contribution in [0.3, 0.4) is 0 Å². The Morgan fingerprint density at radius 3 is 3.00 bits per heavy atom. The number of nitrogens with zero attached hydrogens (tertiary/aromatic N) is 4. The summed E-state index contributed by atoms with van der Waals surface area (Å²) in [5.41, 5.74) is 3.07. The lowest BCUT2D eigenvalue weighted by Gasteiger charge is -2.09. The maximum Gasteiger partial charge on any atom is 0.0998 e. The maximum atomic E-state index is 9.15. The average Bonchev–Trinajstić information content (AvgIpc) is 3.08. The molecule has 2 heterocycles. The molecule has 0 amide bonds. The molecule has 4 heteroatoms. The molecule has 0 N–H and O–H groups in total. The van der Waals surface area contributed by atoms with E-state index in [2.05, 4.69) is 32.5 Å². The fraction of sp³-hybridized carbons (Fsp3) is 0.250. The minimum atomic E-state index is 0.643. The number of nitriles is 1. The summed E-state index contributed by atoms with van der Waals surface area (Å²) in [6.45, 7) is 0.800. The van der Waals surface area contributed by atoms with Crippen molar-refractivity contribution in [2.45, 2.75) is 25.4 Å². The molecule has 3 aromatic rings. The Labute approximate surface area is 116 Å². The first-order chi connectivity index (χ1) is 9.86. The van der Waals surface area contributed by atoms with Crippen LogP contribution in [0.4, 0.5) is 0 Å². The van der Waals surface area contributed by atoms with Crippen molar-refractivity contribution in [2.75, 3.05) is 0 Å². The lowest BCUT2D eigenvalue weighted by atomic mass is 10.1. The highest BCUT2D eigenvalue weighted by Gasteiger charge is 2.25. The molecule has 0 radical (unpaired) electrons. The lowest BCUT2D eigenvalue weighted by molar-refractivity contribution is 0.665. The molecular weight excluding hydrogens is 248 g/mol. The Morgan fingerprint density at radius 1 is 1.30 bits per heavy atom. The van der Waals surface area contributed by atoms with Gasteiger partial charge >= 0.3 is 0 Å². The van der Waals surface area contributed by atoms with Gasteiger partial charge in [-0.25, -0.2) is 4.98 Å². The summed E-state index contributed by atoms with van der Waals surface area (Å²) < 4.78 is 4.46. The Kier molecular flexibility index (Phi) is 2.40. The van der Waals surface area contributed by atoms with Crippen molar-refractivity contribution in [3.63, 3.8) is 0 Å². The number of imidazole rings is 1. The molecule has 1 fully saturated rings. The molecule has 1 aliphatic rings. The monoisotopic (exact) mass is 262 g/mol. The maximum absolute atomic E-state index is 9.15. The fourth-order valence-electron chi connectivity index (χ4n) is 2.77. The van der Waals surface area contributed by atoms with Gasteiger partial charge in [0.05, 0.1) is 30.2 Å². The van der Waals surface area contributed by atoms with Crippen molar-refractivity contribution in [3.8, 4) is 6.07 Å². The summed E-state index contributed by atoms with van der Waals surface area (Å²) in [6.07, 6.45) is 8.44. The number of hydrogen-bond acceptors (Lipinski definition) is 2. The van der Waals surface area contributed by atoms with E-state index in [0.29, 0.717) is 6.04 Å². The average molecular weight is 262 g/mol. The second-order valence-corrected chi connectivity index (χ2v) is 5.32. The van der Waals surface area contributed by atoms with Crippen molar-refractivity contribution >= 4 is 10.9 Å². The van der Waals surface area contributed by atoms with Gasteiger partial charge in [0.15, 0.2) is 0 Å². The van der Waals surface area contributed by atoms with Crippen molar-refractivity contribution < 1.29 is 0 Å². The van der Waals surface area contributed by atoms with Crippen molar-refractivity contribution in [2.24, 2.45) is 0 Å². The first-order valence-electron chi connectivity index (χ1n) is 6.85. The molecule has 4 rings (SSSR count). The third kappa shape index (κ3) is 1.71. The van der Waals surface area contributed by atoms with E-state index in [-0.39, 0.29) is 0 Å². The standard InChI is InChI=1S/C16H14N4/c17-8-12-2-1-3-16-15(12)6-7-19(16)10-14-9-18-11-20(14)13-4-5-13/h1-3,6-7,9,11,13H,4-5,10H2. The van der Waals surface area contributed by atoms with Gasteiger partial charge in [-0.1, -0.05) is 6.07 Å². The minimum absolute atomic E-state index is 0.643. The molecule has 20 heavy (non-hydrogen) atoms. The Balaban J connectivity index is 1.76. The highest BCUT2D eigenvalue weighted by atomic mass is 15.1. The molecule has 4 nitrogen and oxygen atoms in total. The van der Waals surface area contributed by atoms with Crippen molar-refractivity contribution in [3.05, 3.63) is 54.2 Å². The van der Waals surface area contributed by atoms with Crippen LogP contribution in [-0.2, 0) is 6.54 Å². The topological polar surface area (TPSA) is 46.5 Å². The van der Waals surface area contributed by atoms with E-state index in [1.165, 1.54) is 18.5 Å². The number of aromatic nitrogens is 3. The van der Waals surface area contributed by atoms with Crippen LogP contribution in [-0.4, -0.2) is 14.1 Å². The van der Waals surface area contributed by atoms with Crippen LogP contribution in [0, 0.1) is 11.3 Å². The second kappa shape index (κ2) is 4.24. The van der Waals surface area contributed by atoms with E-state index in [4.69, 9.17) is 5.26 Å².